The van der Waals surface area contributed by atoms with Crippen LogP contribution >= 0.6 is 0 Å². The zero-order valence-electron chi connectivity index (χ0n) is 5.91. The van der Waals surface area contributed by atoms with E-state index in [1.54, 1.807) is 0 Å². The summed E-state index contributed by atoms with van der Waals surface area (Å²) >= 11 is -1.39. The van der Waals surface area contributed by atoms with Crippen molar-refractivity contribution in [2.24, 2.45) is 0 Å². The van der Waals surface area contributed by atoms with E-state index in [-0.39, 0.29) is 0 Å². The van der Waals surface area contributed by atoms with E-state index in [0.29, 0.717) is 0 Å². The molecule has 0 rings (SSSR count). The SMILES string of the molecule is C[CH2][Pb]([CH3])([CH3])[CH2]C. The summed E-state index contributed by atoms with van der Waals surface area (Å²) < 4.78 is 8.08. The molecular formula is C6H16Pb. The van der Waals surface area contributed by atoms with E-state index in [9.17, 15) is 0 Å². The molecular weight excluding hydrogens is 279 g/mol. The Labute approximate surface area is 52.0 Å². The Morgan fingerprint density at radius 2 is 1.29 bits per heavy atom. The molecule has 1 heteroatoms. The first kappa shape index (κ1) is 7.92. The minimum absolute atomic E-state index is 1.39. The maximum absolute atomic E-state index is 2.52. The van der Waals surface area contributed by atoms with Gasteiger partial charge in [0.1, 0.15) is 0 Å². The van der Waals surface area contributed by atoms with E-state index in [1.165, 1.54) is 7.96 Å². The Kier molecular flexibility index (Phi) is 3.45. The third kappa shape index (κ3) is 3.50. The topological polar surface area (TPSA) is 0 Å². The number of hydrogen-bond donors (Lipinski definition) is 0. The van der Waals surface area contributed by atoms with Crippen LogP contribution in [0.5, 0.6) is 0 Å². The van der Waals surface area contributed by atoms with Crippen molar-refractivity contribution in [1.29, 1.82) is 0 Å². The zero-order valence-corrected chi connectivity index (χ0v) is 9.80. The van der Waals surface area contributed by atoms with Gasteiger partial charge in [0.05, 0.1) is 0 Å². The van der Waals surface area contributed by atoms with E-state index < -0.39 is 21.2 Å². The predicted molar refractivity (Wildman–Crippen MR) is 38.4 cm³/mol. The molecule has 0 heterocycles. The second kappa shape index (κ2) is 3.05. The van der Waals surface area contributed by atoms with Crippen LogP contribution in [-0.2, 0) is 0 Å². The predicted octanol–water partition coefficient (Wildman–Crippen LogP) is 2.73. The van der Waals surface area contributed by atoms with Crippen LogP contribution in [0.2, 0.25) is 16.9 Å². The summed E-state index contributed by atoms with van der Waals surface area (Å²) in [4.78, 5) is 0. The number of hydrogen-bond acceptors (Lipinski definition) is 0. The summed E-state index contributed by atoms with van der Waals surface area (Å²) in [5.41, 5.74) is 0. The van der Waals surface area contributed by atoms with E-state index in [2.05, 4.69) is 22.8 Å². The summed E-state index contributed by atoms with van der Waals surface area (Å²) in [7, 11) is 0. The molecule has 0 bridgehead atoms. The molecule has 0 radical (unpaired) electrons. The van der Waals surface area contributed by atoms with Gasteiger partial charge in [-0.3, -0.25) is 0 Å². The third-order valence-corrected chi connectivity index (χ3v) is 16.8. The van der Waals surface area contributed by atoms with E-state index in [0.717, 1.165) is 0 Å². The molecule has 0 unspecified atom stereocenters. The van der Waals surface area contributed by atoms with Crippen LogP contribution in [0.15, 0.2) is 0 Å². The molecule has 0 aromatic carbocycles. The quantitative estimate of drug-likeness (QED) is 0.687. The van der Waals surface area contributed by atoms with Crippen LogP contribution in [0.4, 0.5) is 0 Å². The van der Waals surface area contributed by atoms with Gasteiger partial charge in [-0.1, -0.05) is 0 Å². The van der Waals surface area contributed by atoms with Gasteiger partial charge in [0.2, 0.25) is 0 Å². The molecule has 0 aromatic heterocycles. The zero-order chi connectivity index (χ0) is 5.91. The summed E-state index contributed by atoms with van der Waals surface area (Å²) in [5, 5.41) is 0. The summed E-state index contributed by atoms with van der Waals surface area (Å²) in [6.45, 7) is 4.68. The fourth-order valence-electron chi connectivity index (χ4n) is 0.250. The average molecular weight is 295 g/mol. The van der Waals surface area contributed by atoms with Gasteiger partial charge in [0.15, 0.2) is 0 Å². The van der Waals surface area contributed by atoms with Crippen LogP contribution in [-0.4, -0.2) is 21.2 Å². The first-order valence-corrected chi connectivity index (χ1v) is 16.4. The van der Waals surface area contributed by atoms with Crippen molar-refractivity contribution in [2.45, 2.75) is 30.8 Å². The van der Waals surface area contributed by atoms with Gasteiger partial charge in [-0.05, 0) is 0 Å². The van der Waals surface area contributed by atoms with Crippen molar-refractivity contribution in [1.82, 2.24) is 0 Å². The molecule has 7 heavy (non-hydrogen) atoms. The monoisotopic (exact) mass is 296 g/mol. The Hall–Kier alpha value is 0.922. The summed E-state index contributed by atoms with van der Waals surface area (Å²) in [6, 6.07) is 0. The minimum atomic E-state index is -1.39. The third-order valence-electron chi connectivity index (χ3n) is 1.91. The Balaban J connectivity index is 3.36. The molecule has 0 aliphatic heterocycles. The van der Waals surface area contributed by atoms with Crippen molar-refractivity contribution in [3.63, 3.8) is 0 Å². The van der Waals surface area contributed by atoms with E-state index in [1.807, 2.05) is 0 Å². The second-order valence-corrected chi connectivity index (χ2v) is 25.2. The molecule has 44 valence electrons. The fourth-order valence-corrected chi connectivity index (χ4v) is 2.19. The first-order chi connectivity index (χ1) is 3.12. The summed E-state index contributed by atoms with van der Waals surface area (Å²) in [5.74, 6) is 0. The van der Waals surface area contributed by atoms with Crippen molar-refractivity contribution < 1.29 is 0 Å². The molecule has 0 aliphatic carbocycles. The van der Waals surface area contributed by atoms with Crippen molar-refractivity contribution in [2.75, 3.05) is 0 Å². The molecule has 0 atom stereocenters. The Bertz CT molecular complexity index is 42.1. The maximum atomic E-state index is 2.52. The van der Waals surface area contributed by atoms with Crippen LogP contribution in [0.1, 0.15) is 13.8 Å². The van der Waals surface area contributed by atoms with E-state index in [4.69, 9.17) is 0 Å². The van der Waals surface area contributed by atoms with Gasteiger partial charge in [0, 0.05) is 0 Å². The van der Waals surface area contributed by atoms with Gasteiger partial charge in [-0.2, -0.15) is 0 Å². The van der Waals surface area contributed by atoms with Crippen LogP contribution in [0, 0.1) is 0 Å². The van der Waals surface area contributed by atoms with Gasteiger partial charge < -0.3 is 0 Å². The van der Waals surface area contributed by atoms with Gasteiger partial charge in [0.25, 0.3) is 0 Å². The molecule has 0 fully saturated rings. The summed E-state index contributed by atoms with van der Waals surface area (Å²) in [6.07, 6.45) is 0. The van der Waals surface area contributed by atoms with Gasteiger partial charge >= 0.3 is 51.9 Å². The molecule has 0 amide bonds. The Morgan fingerprint density at radius 3 is 1.29 bits per heavy atom. The molecule has 0 N–H and O–H groups in total. The second-order valence-electron chi connectivity index (χ2n) is 2.87. The molecule has 0 saturated carbocycles. The number of rotatable bonds is 2. The van der Waals surface area contributed by atoms with Crippen molar-refractivity contribution in [3.05, 3.63) is 0 Å². The standard InChI is InChI=1S/2C2H5.2CH3.Pb/c2*1-2;;;/h2*1H2,2H3;2*1H3;. The average Bonchev–Trinajstić information content (AvgIpc) is 1.68. The van der Waals surface area contributed by atoms with Crippen molar-refractivity contribution in [3.8, 4) is 0 Å². The normalized spacial score (nSPS) is 12.0. The Morgan fingerprint density at radius 1 is 1.00 bits per heavy atom. The van der Waals surface area contributed by atoms with Gasteiger partial charge in [-0.15, -0.1) is 0 Å². The fraction of sp³-hybridized carbons (Fsp3) is 1.00. The van der Waals surface area contributed by atoms with Crippen LogP contribution in [0.25, 0.3) is 0 Å². The first-order valence-electron chi connectivity index (χ1n) is 3.12. The van der Waals surface area contributed by atoms with Crippen LogP contribution in [0.3, 0.4) is 0 Å². The molecule has 0 nitrogen and oxygen atoms in total. The molecule has 0 saturated heterocycles. The molecule has 0 spiro atoms. The van der Waals surface area contributed by atoms with Gasteiger partial charge in [-0.25, -0.2) is 0 Å². The molecule has 0 aliphatic rings. The van der Waals surface area contributed by atoms with E-state index >= 15 is 0 Å². The van der Waals surface area contributed by atoms with Crippen LogP contribution < -0.4 is 0 Å². The molecule has 0 aromatic rings. The van der Waals surface area contributed by atoms with Crippen molar-refractivity contribution >= 4 is 21.2 Å².